The van der Waals surface area contributed by atoms with Gasteiger partial charge in [-0.15, -0.1) is 11.3 Å². The maximum Gasteiger partial charge on any atom is 0.303 e. The van der Waals surface area contributed by atoms with E-state index in [1.807, 2.05) is 17.5 Å². The summed E-state index contributed by atoms with van der Waals surface area (Å²) in [5.41, 5.74) is 3.25. The molecule has 1 atom stereocenters. The Morgan fingerprint density at radius 2 is 1.66 bits per heavy atom. The number of nitrogens with one attached hydrogen (secondary N) is 1. The number of aromatic nitrogens is 1. The molecule has 2 aromatic carbocycles. The van der Waals surface area contributed by atoms with Crippen LogP contribution in [0.3, 0.4) is 0 Å². The Morgan fingerprint density at radius 1 is 1.06 bits per heavy atom. The molecular formula is C27H31N3O4S. The summed E-state index contributed by atoms with van der Waals surface area (Å²) in [7, 11) is 0. The van der Waals surface area contributed by atoms with E-state index in [9.17, 15) is 9.59 Å². The second kappa shape index (κ2) is 12.1. The number of hydrogen-bond acceptors (Lipinski definition) is 7. The fourth-order valence-corrected chi connectivity index (χ4v) is 4.88. The third-order valence-electron chi connectivity index (χ3n) is 5.95. The number of nitrogens with zero attached hydrogens (tertiary/aromatic N) is 2. The van der Waals surface area contributed by atoms with Crippen LogP contribution in [0.2, 0.25) is 0 Å². The molecular weight excluding hydrogens is 462 g/mol. The zero-order chi connectivity index (χ0) is 24.6. The van der Waals surface area contributed by atoms with Gasteiger partial charge in [0.05, 0.1) is 11.8 Å². The molecule has 7 nitrogen and oxygen atoms in total. The standard InChI is InChI=1S/C27H31N3O4S/c1-19(33-20(2)31)26(32)29-27-28-23(18-35-27)17-30-15-13-24(14-16-30)34-25(21-9-5-3-6-10-21)22-11-7-4-8-12-22/h3-12,18-19,24-25H,13-17H2,1-2H3,(H,28,29,32)/t19-/m1/s1. The van der Waals surface area contributed by atoms with Crippen LogP contribution in [0.25, 0.3) is 0 Å². The van der Waals surface area contributed by atoms with Crippen LogP contribution < -0.4 is 5.32 Å². The van der Waals surface area contributed by atoms with Gasteiger partial charge in [0.2, 0.25) is 0 Å². The average molecular weight is 494 g/mol. The molecule has 0 saturated carbocycles. The molecule has 8 heteroatoms. The van der Waals surface area contributed by atoms with Gasteiger partial charge < -0.3 is 9.47 Å². The lowest BCUT2D eigenvalue weighted by atomic mass is 10.00. The molecule has 1 saturated heterocycles. The second-order valence-electron chi connectivity index (χ2n) is 8.70. The van der Waals surface area contributed by atoms with Crippen molar-refractivity contribution in [1.29, 1.82) is 0 Å². The molecule has 4 rings (SSSR count). The summed E-state index contributed by atoms with van der Waals surface area (Å²) in [6, 6.07) is 20.8. The zero-order valence-corrected chi connectivity index (χ0v) is 20.9. The summed E-state index contributed by atoms with van der Waals surface area (Å²) in [4.78, 5) is 30.1. The maximum atomic E-state index is 12.1. The number of piperidine rings is 1. The largest absolute Gasteiger partial charge is 0.453 e. The number of hydrogen-bond donors (Lipinski definition) is 1. The van der Waals surface area contributed by atoms with E-state index >= 15 is 0 Å². The Morgan fingerprint density at radius 3 is 2.23 bits per heavy atom. The van der Waals surface area contributed by atoms with Crippen molar-refractivity contribution in [2.75, 3.05) is 18.4 Å². The predicted octanol–water partition coefficient (Wildman–Crippen LogP) is 4.80. The normalized spacial score (nSPS) is 15.6. The van der Waals surface area contributed by atoms with Crippen molar-refractivity contribution in [3.05, 3.63) is 82.9 Å². The minimum Gasteiger partial charge on any atom is -0.453 e. The van der Waals surface area contributed by atoms with E-state index in [4.69, 9.17) is 9.47 Å². The monoisotopic (exact) mass is 493 g/mol. The molecule has 2 heterocycles. The van der Waals surface area contributed by atoms with E-state index in [0.717, 1.165) is 38.2 Å². The molecule has 1 fully saturated rings. The Balaban J connectivity index is 1.29. The summed E-state index contributed by atoms with van der Waals surface area (Å²) < 4.78 is 11.5. The summed E-state index contributed by atoms with van der Waals surface area (Å²) in [5.74, 6) is -0.871. The molecule has 1 aliphatic heterocycles. The Bertz CT molecular complexity index is 1060. The first-order valence-electron chi connectivity index (χ1n) is 11.9. The van der Waals surface area contributed by atoms with Gasteiger partial charge in [0.25, 0.3) is 5.91 Å². The van der Waals surface area contributed by atoms with E-state index in [2.05, 4.69) is 63.7 Å². The zero-order valence-electron chi connectivity index (χ0n) is 20.1. The fourth-order valence-electron chi connectivity index (χ4n) is 4.18. The first-order chi connectivity index (χ1) is 17.0. The van der Waals surface area contributed by atoms with Gasteiger partial charge in [-0.2, -0.15) is 0 Å². The molecule has 0 bridgehead atoms. The molecule has 1 aliphatic rings. The van der Waals surface area contributed by atoms with Crippen LogP contribution >= 0.6 is 11.3 Å². The lowest BCUT2D eigenvalue weighted by molar-refractivity contribution is -0.150. The van der Waals surface area contributed by atoms with E-state index < -0.39 is 12.1 Å². The van der Waals surface area contributed by atoms with Crippen LogP contribution in [0.5, 0.6) is 0 Å². The second-order valence-corrected chi connectivity index (χ2v) is 9.56. The highest BCUT2D eigenvalue weighted by atomic mass is 32.1. The number of likely N-dealkylation sites (tertiary alicyclic amines) is 1. The highest BCUT2D eigenvalue weighted by molar-refractivity contribution is 7.13. The van der Waals surface area contributed by atoms with Crippen LogP contribution in [0.15, 0.2) is 66.0 Å². The SMILES string of the molecule is CC(=O)O[C@H](C)C(=O)Nc1nc(CN2CCC(OC(c3ccccc3)c3ccccc3)CC2)cs1. The molecule has 184 valence electrons. The van der Waals surface area contributed by atoms with Crippen molar-refractivity contribution in [2.45, 2.75) is 51.5 Å². The lowest BCUT2D eigenvalue weighted by Gasteiger charge is -2.34. The van der Waals surface area contributed by atoms with Gasteiger partial charge in [-0.1, -0.05) is 60.7 Å². The fraction of sp³-hybridized carbons (Fsp3) is 0.370. The molecule has 0 spiro atoms. The van der Waals surface area contributed by atoms with Gasteiger partial charge in [0, 0.05) is 31.9 Å². The topological polar surface area (TPSA) is 80.8 Å². The third-order valence-corrected chi connectivity index (χ3v) is 6.75. The number of amides is 1. The number of anilines is 1. The third kappa shape index (κ3) is 7.21. The summed E-state index contributed by atoms with van der Waals surface area (Å²) in [6.45, 7) is 5.38. The number of benzene rings is 2. The molecule has 3 aromatic rings. The first-order valence-corrected chi connectivity index (χ1v) is 12.8. The van der Waals surface area contributed by atoms with Crippen molar-refractivity contribution in [3.63, 3.8) is 0 Å². The minimum atomic E-state index is -0.852. The number of carbonyl (C=O) groups is 2. The van der Waals surface area contributed by atoms with Crippen LogP contribution in [-0.4, -0.2) is 47.1 Å². The highest BCUT2D eigenvalue weighted by Gasteiger charge is 2.25. The number of carbonyl (C=O) groups excluding carboxylic acids is 2. The maximum absolute atomic E-state index is 12.1. The summed E-state index contributed by atoms with van der Waals surface area (Å²) >= 11 is 1.37. The van der Waals surface area contributed by atoms with Gasteiger partial charge in [-0.05, 0) is 30.9 Å². The lowest BCUT2D eigenvalue weighted by Crippen LogP contribution is -2.37. The van der Waals surface area contributed by atoms with Crippen molar-refractivity contribution >= 4 is 28.3 Å². The number of esters is 1. The Kier molecular flexibility index (Phi) is 8.63. The minimum absolute atomic E-state index is 0.0759. The van der Waals surface area contributed by atoms with Gasteiger partial charge in [0.1, 0.15) is 6.10 Å². The molecule has 0 aliphatic carbocycles. The van der Waals surface area contributed by atoms with Crippen molar-refractivity contribution < 1.29 is 19.1 Å². The Hall–Kier alpha value is -3.07. The van der Waals surface area contributed by atoms with Gasteiger partial charge in [0.15, 0.2) is 11.2 Å². The van der Waals surface area contributed by atoms with Gasteiger partial charge in [-0.3, -0.25) is 19.8 Å². The quantitative estimate of drug-likeness (QED) is 0.431. The highest BCUT2D eigenvalue weighted by Crippen LogP contribution is 2.30. The van der Waals surface area contributed by atoms with E-state index in [1.165, 1.54) is 36.3 Å². The Labute approximate surface area is 210 Å². The van der Waals surface area contributed by atoms with Crippen LogP contribution in [0.4, 0.5) is 5.13 Å². The van der Waals surface area contributed by atoms with Crippen molar-refractivity contribution in [3.8, 4) is 0 Å². The van der Waals surface area contributed by atoms with Gasteiger partial charge >= 0.3 is 5.97 Å². The number of thiazole rings is 1. The molecule has 0 radical (unpaired) electrons. The van der Waals surface area contributed by atoms with Crippen molar-refractivity contribution in [2.24, 2.45) is 0 Å². The molecule has 35 heavy (non-hydrogen) atoms. The van der Waals surface area contributed by atoms with Crippen LogP contribution in [0.1, 0.15) is 49.6 Å². The van der Waals surface area contributed by atoms with Gasteiger partial charge in [-0.25, -0.2) is 4.98 Å². The molecule has 1 N–H and O–H groups in total. The van der Waals surface area contributed by atoms with Crippen molar-refractivity contribution in [1.82, 2.24) is 9.88 Å². The number of ether oxygens (including phenoxy) is 2. The van der Waals surface area contributed by atoms with E-state index in [1.54, 1.807) is 0 Å². The first kappa shape index (κ1) is 25.0. The van der Waals surface area contributed by atoms with E-state index in [-0.39, 0.29) is 18.1 Å². The average Bonchev–Trinajstić information content (AvgIpc) is 3.30. The van der Waals surface area contributed by atoms with Crippen LogP contribution in [-0.2, 0) is 25.6 Å². The van der Waals surface area contributed by atoms with Crippen LogP contribution in [0, 0.1) is 0 Å². The predicted molar refractivity (Wildman–Crippen MR) is 136 cm³/mol. The smallest absolute Gasteiger partial charge is 0.303 e. The summed E-state index contributed by atoms with van der Waals surface area (Å²) in [6.07, 6.45) is 1.15. The molecule has 1 amide bonds. The molecule has 1 aromatic heterocycles. The summed E-state index contributed by atoms with van der Waals surface area (Å²) in [5, 5.41) is 5.18. The number of rotatable bonds is 9. The van der Waals surface area contributed by atoms with E-state index in [0.29, 0.717) is 5.13 Å². The molecule has 0 unspecified atom stereocenters.